The molecule has 1 atom stereocenters. The highest BCUT2D eigenvalue weighted by Gasteiger charge is 2.29. The summed E-state index contributed by atoms with van der Waals surface area (Å²) in [5.74, 6) is 2.41. The number of guanidine groups is 1. The van der Waals surface area contributed by atoms with Gasteiger partial charge in [-0.25, -0.2) is 0 Å². The number of hydrogen-bond acceptors (Lipinski definition) is 4. The largest absolute Gasteiger partial charge is 0.490 e. The summed E-state index contributed by atoms with van der Waals surface area (Å²) >= 11 is 0. The predicted octanol–water partition coefficient (Wildman–Crippen LogP) is 3.38. The van der Waals surface area contributed by atoms with E-state index in [1.54, 1.807) is 7.05 Å². The fourth-order valence-electron chi connectivity index (χ4n) is 3.04. The Morgan fingerprint density at radius 2 is 1.93 bits per heavy atom. The molecule has 1 aromatic rings. The van der Waals surface area contributed by atoms with Crippen molar-refractivity contribution in [3.63, 3.8) is 0 Å². The van der Waals surface area contributed by atoms with Gasteiger partial charge in [-0.1, -0.05) is 6.07 Å². The van der Waals surface area contributed by atoms with E-state index < -0.39 is 0 Å². The summed E-state index contributed by atoms with van der Waals surface area (Å²) in [6.07, 6.45) is 3.09. The van der Waals surface area contributed by atoms with E-state index in [4.69, 9.17) is 14.2 Å². The lowest BCUT2D eigenvalue weighted by Gasteiger charge is -2.24. The first-order valence-corrected chi connectivity index (χ1v) is 9.57. The van der Waals surface area contributed by atoms with Crippen LogP contribution in [0.4, 0.5) is 0 Å². The van der Waals surface area contributed by atoms with E-state index >= 15 is 0 Å². The van der Waals surface area contributed by atoms with Crippen molar-refractivity contribution in [1.82, 2.24) is 10.6 Å². The van der Waals surface area contributed by atoms with Crippen molar-refractivity contribution in [1.29, 1.82) is 0 Å². The molecule has 7 heteroatoms. The molecule has 0 radical (unpaired) electrons. The molecule has 0 bridgehead atoms. The second-order valence-corrected chi connectivity index (χ2v) is 6.65. The summed E-state index contributed by atoms with van der Waals surface area (Å²) in [6.45, 7) is 9.77. The number of nitrogens with one attached hydrogen (secondary N) is 2. The number of ether oxygens (including phenoxy) is 3. The Balaban J connectivity index is 0.00000364. The van der Waals surface area contributed by atoms with Gasteiger partial charge in [0.1, 0.15) is 0 Å². The Morgan fingerprint density at radius 1 is 1.19 bits per heavy atom. The molecular weight excluding hydrogens is 457 g/mol. The lowest BCUT2D eigenvalue weighted by Crippen LogP contribution is -2.45. The van der Waals surface area contributed by atoms with Gasteiger partial charge in [-0.05, 0) is 57.7 Å². The summed E-state index contributed by atoms with van der Waals surface area (Å²) in [6, 6.07) is 6.12. The Kier molecular flexibility index (Phi) is 10.8. The predicted molar refractivity (Wildman–Crippen MR) is 121 cm³/mol. The minimum absolute atomic E-state index is 0. The minimum atomic E-state index is -0.0842. The molecule has 0 aliphatic carbocycles. The zero-order valence-corrected chi connectivity index (χ0v) is 19.3. The SMILES string of the molecule is CCOc1ccc(CCNC(=NC)NCC2(C)CCCO2)cc1OCC.I. The number of hydrogen-bond donors (Lipinski definition) is 2. The lowest BCUT2D eigenvalue weighted by atomic mass is 10.0. The van der Waals surface area contributed by atoms with E-state index in [1.165, 1.54) is 5.56 Å². The molecule has 1 aliphatic rings. The third-order valence-electron chi connectivity index (χ3n) is 4.47. The average Bonchev–Trinajstić information content (AvgIpc) is 3.07. The van der Waals surface area contributed by atoms with Gasteiger partial charge in [0.25, 0.3) is 0 Å². The first-order chi connectivity index (χ1) is 12.6. The van der Waals surface area contributed by atoms with Gasteiger partial charge in [0.05, 0.1) is 18.8 Å². The van der Waals surface area contributed by atoms with Crippen molar-refractivity contribution in [2.75, 3.05) is 40.0 Å². The van der Waals surface area contributed by atoms with Crippen LogP contribution in [-0.4, -0.2) is 51.5 Å². The number of benzene rings is 1. The monoisotopic (exact) mass is 491 g/mol. The molecule has 1 aromatic carbocycles. The van der Waals surface area contributed by atoms with Crippen LogP contribution >= 0.6 is 24.0 Å². The van der Waals surface area contributed by atoms with Gasteiger partial charge in [-0.2, -0.15) is 0 Å². The highest BCUT2D eigenvalue weighted by Crippen LogP contribution is 2.28. The van der Waals surface area contributed by atoms with E-state index in [0.29, 0.717) is 13.2 Å². The Bertz CT molecular complexity index is 590. The molecule has 0 spiro atoms. The average molecular weight is 491 g/mol. The van der Waals surface area contributed by atoms with Gasteiger partial charge >= 0.3 is 0 Å². The Morgan fingerprint density at radius 3 is 2.56 bits per heavy atom. The second-order valence-electron chi connectivity index (χ2n) is 6.65. The number of nitrogens with zero attached hydrogens (tertiary/aromatic N) is 1. The zero-order chi connectivity index (χ0) is 18.8. The third kappa shape index (κ3) is 7.73. The number of halogens is 1. The van der Waals surface area contributed by atoms with Crippen LogP contribution in [0.5, 0.6) is 11.5 Å². The minimum Gasteiger partial charge on any atom is -0.490 e. The van der Waals surface area contributed by atoms with Gasteiger partial charge < -0.3 is 24.8 Å². The van der Waals surface area contributed by atoms with Crippen molar-refractivity contribution in [3.8, 4) is 11.5 Å². The normalized spacial score (nSPS) is 19.3. The van der Waals surface area contributed by atoms with Crippen LogP contribution in [0.15, 0.2) is 23.2 Å². The van der Waals surface area contributed by atoms with Gasteiger partial charge in [0.2, 0.25) is 0 Å². The highest BCUT2D eigenvalue weighted by atomic mass is 127. The number of aliphatic imine (C=N–C) groups is 1. The fraction of sp³-hybridized carbons (Fsp3) is 0.650. The number of rotatable bonds is 9. The van der Waals surface area contributed by atoms with E-state index in [9.17, 15) is 0 Å². The summed E-state index contributed by atoms with van der Waals surface area (Å²) in [5, 5.41) is 6.73. The molecule has 1 aliphatic heterocycles. The van der Waals surface area contributed by atoms with E-state index in [1.807, 2.05) is 19.9 Å². The molecule has 6 nitrogen and oxygen atoms in total. The lowest BCUT2D eigenvalue weighted by molar-refractivity contribution is 0.0243. The van der Waals surface area contributed by atoms with Gasteiger partial charge in [-0.3, -0.25) is 4.99 Å². The van der Waals surface area contributed by atoms with Gasteiger partial charge in [0, 0.05) is 26.7 Å². The molecular formula is C20H34IN3O3. The van der Waals surface area contributed by atoms with E-state index in [2.05, 4.69) is 34.7 Å². The summed E-state index contributed by atoms with van der Waals surface area (Å²) in [4.78, 5) is 4.29. The zero-order valence-electron chi connectivity index (χ0n) is 17.0. The Hall–Kier alpha value is -1.22. The van der Waals surface area contributed by atoms with E-state index in [-0.39, 0.29) is 29.6 Å². The maximum absolute atomic E-state index is 5.81. The maximum atomic E-state index is 5.81. The molecule has 154 valence electrons. The quantitative estimate of drug-likeness (QED) is 0.315. The summed E-state index contributed by atoms with van der Waals surface area (Å²) < 4.78 is 17.1. The molecule has 0 aromatic heterocycles. The molecule has 2 rings (SSSR count). The van der Waals surface area contributed by atoms with E-state index in [0.717, 1.165) is 56.4 Å². The standard InChI is InChI=1S/C20H33N3O3.HI/c1-5-24-17-9-8-16(14-18(17)25-6-2)10-12-22-19(21-4)23-15-20(3)11-7-13-26-20;/h8-9,14H,5-7,10-13,15H2,1-4H3,(H2,21,22,23);1H. The smallest absolute Gasteiger partial charge is 0.191 e. The molecule has 2 N–H and O–H groups in total. The van der Waals surface area contributed by atoms with Gasteiger partial charge in [0.15, 0.2) is 17.5 Å². The van der Waals surface area contributed by atoms with Crippen molar-refractivity contribution >= 4 is 29.9 Å². The third-order valence-corrected chi connectivity index (χ3v) is 4.47. The highest BCUT2D eigenvalue weighted by molar-refractivity contribution is 14.0. The molecule has 0 amide bonds. The summed E-state index contributed by atoms with van der Waals surface area (Å²) in [7, 11) is 1.79. The maximum Gasteiger partial charge on any atom is 0.191 e. The van der Waals surface area contributed by atoms with Crippen molar-refractivity contribution < 1.29 is 14.2 Å². The van der Waals surface area contributed by atoms with Crippen LogP contribution < -0.4 is 20.1 Å². The first-order valence-electron chi connectivity index (χ1n) is 9.57. The van der Waals surface area contributed by atoms with Crippen LogP contribution in [0, 0.1) is 0 Å². The van der Waals surface area contributed by atoms with Crippen LogP contribution in [0.25, 0.3) is 0 Å². The van der Waals surface area contributed by atoms with Crippen LogP contribution in [-0.2, 0) is 11.2 Å². The van der Waals surface area contributed by atoms with Gasteiger partial charge in [-0.15, -0.1) is 24.0 Å². The fourth-order valence-corrected chi connectivity index (χ4v) is 3.04. The van der Waals surface area contributed by atoms with Crippen LogP contribution in [0.1, 0.15) is 39.2 Å². The van der Waals surface area contributed by atoms with Crippen LogP contribution in [0.2, 0.25) is 0 Å². The molecule has 27 heavy (non-hydrogen) atoms. The van der Waals surface area contributed by atoms with Crippen molar-refractivity contribution in [3.05, 3.63) is 23.8 Å². The molecule has 1 heterocycles. The van der Waals surface area contributed by atoms with Crippen molar-refractivity contribution in [2.45, 2.75) is 45.6 Å². The summed E-state index contributed by atoms with van der Waals surface area (Å²) in [5.41, 5.74) is 1.12. The molecule has 1 fully saturated rings. The molecule has 1 unspecified atom stereocenters. The van der Waals surface area contributed by atoms with Crippen molar-refractivity contribution in [2.24, 2.45) is 4.99 Å². The second kappa shape index (κ2) is 12.3. The first kappa shape index (κ1) is 23.8. The molecule has 0 saturated carbocycles. The topological polar surface area (TPSA) is 64.1 Å². The Labute approximate surface area is 180 Å². The molecule has 1 saturated heterocycles. The van der Waals surface area contributed by atoms with Crippen LogP contribution in [0.3, 0.4) is 0 Å².